The van der Waals surface area contributed by atoms with Gasteiger partial charge in [-0.15, -0.1) is 11.3 Å². The van der Waals surface area contributed by atoms with Crippen LogP contribution in [0.15, 0.2) is 39.0 Å². The van der Waals surface area contributed by atoms with E-state index in [1.165, 1.54) is 40.9 Å². The normalized spacial score (nSPS) is 12.0. The number of nitrogens with zero attached hydrogens (tertiary/aromatic N) is 1. The highest BCUT2D eigenvalue weighted by Gasteiger charge is 2.22. The summed E-state index contributed by atoms with van der Waals surface area (Å²) in [5.41, 5.74) is 0.500. The van der Waals surface area contributed by atoms with Gasteiger partial charge in [0.1, 0.15) is 0 Å². The van der Waals surface area contributed by atoms with E-state index in [1.807, 2.05) is 11.4 Å². The third kappa shape index (κ3) is 3.85. The topological polar surface area (TPSA) is 57.6 Å². The van der Waals surface area contributed by atoms with Gasteiger partial charge >= 0.3 is 0 Å². The molecule has 0 spiro atoms. The highest BCUT2D eigenvalue weighted by molar-refractivity contribution is 9.10. The minimum Gasteiger partial charge on any atom is -0.392 e. The molecule has 1 aromatic carbocycles. The summed E-state index contributed by atoms with van der Waals surface area (Å²) >= 11 is 10.8. The number of thiophene rings is 1. The molecule has 0 saturated carbocycles. The second kappa shape index (κ2) is 6.76. The fraction of sp³-hybridized carbons (Fsp3) is 0.231. The Morgan fingerprint density at radius 1 is 1.38 bits per heavy atom. The van der Waals surface area contributed by atoms with Gasteiger partial charge in [0, 0.05) is 33.3 Å². The minimum atomic E-state index is -3.62. The number of hydrogen-bond donors (Lipinski definition) is 1. The summed E-state index contributed by atoms with van der Waals surface area (Å²) in [4.78, 5) is 1.05. The van der Waals surface area contributed by atoms with Gasteiger partial charge in [-0.3, -0.25) is 0 Å². The van der Waals surface area contributed by atoms with E-state index in [0.29, 0.717) is 5.56 Å². The van der Waals surface area contributed by atoms with Crippen LogP contribution in [0.5, 0.6) is 0 Å². The van der Waals surface area contributed by atoms with Crippen LogP contribution in [0, 0.1) is 0 Å². The standard InChI is InChI=1S/C13H13BrClNO3S2/c1-16(6-11-4-10(14)8-20-11)21(18,19)12-3-2-9(7-17)13(15)5-12/h2-5,8,17H,6-7H2,1H3. The predicted octanol–water partition coefficient (Wildman–Crippen LogP) is 3.48. The number of aliphatic hydroxyl groups excluding tert-OH is 1. The second-order valence-corrected chi connectivity index (χ2v) is 8.77. The molecule has 0 atom stereocenters. The Morgan fingerprint density at radius 3 is 2.62 bits per heavy atom. The molecule has 0 fully saturated rings. The molecule has 0 amide bonds. The van der Waals surface area contributed by atoms with E-state index in [0.717, 1.165) is 9.35 Å². The van der Waals surface area contributed by atoms with Gasteiger partial charge < -0.3 is 5.11 Å². The van der Waals surface area contributed by atoms with Crippen LogP contribution in [0.25, 0.3) is 0 Å². The fourth-order valence-corrected chi connectivity index (χ4v) is 4.80. The van der Waals surface area contributed by atoms with Crippen molar-refractivity contribution < 1.29 is 13.5 Å². The van der Waals surface area contributed by atoms with Crippen molar-refractivity contribution in [2.75, 3.05) is 7.05 Å². The molecular formula is C13H13BrClNO3S2. The number of sulfonamides is 1. The van der Waals surface area contributed by atoms with Gasteiger partial charge in [0.25, 0.3) is 0 Å². The third-order valence-corrected chi connectivity index (χ3v) is 6.74. The summed E-state index contributed by atoms with van der Waals surface area (Å²) in [6.07, 6.45) is 0. The molecule has 1 N–H and O–H groups in total. The van der Waals surface area contributed by atoms with Gasteiger partial charge in [-0.2, -0.15) is 4.31 Å². The lowest BCUT2D eigenvalue weighted by Gasteiger charge is -2.17. The lowest BCUT2D eigenvalue weighted by atomic mass is 10.2. The smallest absolute Gasteiger partial charge is 0.243 e. The van der Waals surface area contributed by atoms with Crippen molar-refractivity contribution in [2.45, 2.75) is 18.0 Å². The van der Waals surface area contributed by atoms with E-state index in [-0.39, 0.29) is 23.1 Å². The van der Waals surface area contributed by atoms with Crippen molar-refractivity contribution in [1.29, 1.82) is 0 Å². The number of halogens is 2. The quantitative estimate of drug-likeness (QED) is 0.821. The Kier molecular flexibility index (Phi) is 5.45. The van der Waals surface area contributed by atoms with Crippen LogP contribution >= 0.6 is 38.9 Å². The zero-order valence-corrected chi connectivity index (χ0v) is 15.1. The number of aliphatic hydroxyl groups is 1. The Labute approximate surface area is 141 Å². The molecular weight excluding hydrogens is 398 g/mol. The summed E-state index contributed by atoms with van der Waals surface area (Å²) in [5, 5.41) is 11.2. The molecule has 0 aliphatic rings. The molecule has 0 saturated heterocycles. The van der Waals surface area contributed by atoms with E-state index in [4.69, 9.17) is 16.7 Å². The maximum Gasteiger partial charge on any atom is 0.243 e. The Morgan fingerprint density at radius 2 is 2.10 bits per heavy atom. The molecule has 0 aliphatic heterocycles. The third-order valence-electron chi connectivity index (χ3n) is 2.90. The van der Waals surface area contributed by atoms with E-state index >= 15 is 0 Å². The molecule has 8 heteroatoms. The molecule has 0 bridgehead atoms. The van der Waals surface area contributed by atoms with Crippen molar-refractivity contribution in [1.82, 2.24) is 4.31 Å². The van der Waals surface area contributed by atoms with Gasteiger partial charge in [-0.05, 0) is 39.7 Å². The summed E-state index contributed by atoms with van der Waals surface area (Å²) < 4.78 is 27.2. The summed E-state index contributed by atoms with van der Waals surface area (Å²) in [6, 6.07) is 6.22. The molecule has 114 valence electrons. The molecule has 2 rings (SSSR count). The van der Waals surface area contributed by atoms with Crippen molar-refractivity contribution in [3.05, 3.63) is 49.6 Å². The highest BCUT2D eigenvalue weighted by Crippen LogP contribution is 2.26. The van der Waals surface area contributed by atoms with Crippen LogP contribution in [0.3, 0.4) is 0 Å². The van der Waals surface area contributed by atoms with Crippen molar-refractivity contribution in [3.8, 4) is 0 Å². The largest absolute Gasteiger partial charge is 0.392 e. The Hall–Kier alpha value is -0.440. The van der Waals surface area contributed by atoms with Crippen molar-refractivity contribution in [3.63, 3.8) is 0 Å². The molecule has 1 aromatic heterocycles. The first-order chi connectivity index (χ1) is 9.84. The van der Waals surface area contributed by atoms with E-state index in [1.54, 1.807) is 0 Å². The molecule has 1 heterocycles. The first-order valence-corrected chi connectivity index (χ1v) is 9.42. The first-order valence-electron chi connectivity index (χ1n) is 5.93. The van der Waals surface area contributed by atoms with Crippen LogP contribution in [0.2, 0.25) is 5.02 Å². The molecule has 4 nitrogen and oxygen atoms in total. The van der Waals surface area contributed by atoms with Gasteiger partial charge in [0.05, 0.1) is 11.5 Å². The van der Waals surface area contributed by atoms with Crippen LogP contribution in [-0.4, -0.2) is 24.9 Å². The highest BCUT2D eigenvalue weighted by atomic mass is 79.9. The van der Waals surface area contributed by atoms with Crippen LogP contribution in [0.4, 0.5) is 0 Å². The maximum absolute atomic E-state index is 12.5. The van der Waals surface area contributed by atoms with Crippen molar-refractivity contribution in [2.24, 2.45) is 0 Å². The number of rotatable bonds is 5. The summed E-state index contributed by atoms with van der Waals surface area (Å²) in [6.45, 7) is 0.0657. The molecule has 21 heavy (non-hydrogen) atoms. The van der Waals surface area contributed by atoms with E-state index in [9.17, 15) is 8.42 Å². The zero-order chi connectivity index (χ0) is 15.6. The lowest BCUT2D eigenvalue weighted by Crippen LogP contribution is -2.26. The summed E-state index contributed by atoms with van der Waals surface area (Å²) in [5.74, 6) is 0. The maximum atomic E-state index is 12.5. The SMILES string of the molecule is CN(Cc1cc(Br)cs1)S(=O)(=O)c1ccc(CO)c(Cl)c1. The molecule has 0 radical (unpaired) electrons. The number of hydrogen-bond acceptors (Lipinski definition) is 4. The Balaban J connectivity index is 2.26. The lowest BCUT2D eigenvalue weighted by molar-refractivity contribution is 0.282. The van der Waals surface area contributed by atoms with E-state index < -0.39 is 10.0 Å². The second-order valence-electron chi connectivity index (χ2n) is 4.40. The average Bonchev–Trinajstić information content (AvgIpc) is 2.83. The van der Waals surface area contributed by atoms with Gasteiger partial charge in [0.15, 0.2) is 0 Å². The first kappa shape index (κ1) is 16.9. The van der Waals surface area contributed by atoms with Crippen LogP contribution in [-0.2, 0) is 23.2 Å². The summed E-state index contributed by atoms with van der Waals surface area (Å²) in [7, 11) is -2.09. The van der Waals surface area contributed by atoms with Crippen LogP contribution < -0.4 is 0 Å². The molecule has 2 aromatic rings. The minimum absolute atomic E-state index is 0.114. The fourth-order valence-electron chi connectivity index (χ4n) is 1.74. The van der Waals surface area contributed by atoms with Gasteiger partial charge in [-0.1, -0.05) is 17.7 Å². The predicted molar refractivity (Wildman–Crippen MR) is 88.0 cm³/mol. The van der Waals surface area contributed by atoms with E-state index in [2.05, 4.69) is 15.9 Å². The van der Waals surface area contributed by atoms with Crippen molar-refractivity contribution >= 4 is 48.9 Å². The molecule has 0 unspecified atom stereocenters. The molecule has 0 aliphatic carbocycles. The average molecular weight is 411 g/mol. The van der Waals surface area contributed by atoms with Gasteiger partial charge in [-0.25, -0.2) is 8.42 Å². The zero-order valence-electron chi connectivity index (χ0n) is 11.1. The van der Waals surface area contributed by atoms with Gasteiger partial charge in [0.2, 0.25) is 10.0 Å². The number of benzene rings is 1. The van der Waals surface area contributed by atoms with Crippen LogP contribution in [0.1, 0.15) is 10.4 Å². The Bertz CT molecular complexity index is 746. The monoisotopic (exact) mass is 409 g/mol.